The molecule has 1 aliphatic rings. The Bertz CT molecular complexity index is 415. The van der Waals surface area contributed by atoms with E-state index in [1.54, 1.807) is 0 Å². The largest absolute Gasteiger partial charge is 0.399 e. The first-order valence-corrected chi connectivity index (χ1v) is 5.83. The van der Waals surface area contributed by atoms with Gasteiger partial charge in [0.05, 0.1) is 0 Å². The smallest absolute Gasteiger partial charge is 0.244 e. The van der Waals surface area contributed by atoms with Crippen LogP contribution < -0.4 is 5.73 Å². The van der Waals surface area contributed by atoms with Gasteiger partial charge in [-0.25, -0.2) is 0 Å². The van der Waals surface area contributed by atoms with E-state index in [2.05, 4.69) is 11.8 Å². The number of amides is 1. The molecule has 0 radical (unpaired) electrons. The molecule has 0 aliphatic carbocycles. The van der Waals surface area contributed by atoms with Crippen LogP contribution in [0.4, 0.5) is 5.69 Å². The molecule has 1 saturated heterocycles. The van der Waals surface area contributed by atoms with Gasteiger partial charge < -0.3 is 10.6 Å². The Labute approximate surface area is 102 Å². The summed E-state index contributed by atoms with van der Waals surface area (Å²) in [4.78, 5) is 16.2. The van der Waals surface area contributed by atoms with Crippen LogP contribution in [0.5, 0.6) is 0 Å². The molecule has 1 fully saturated rings. The molecule has 2 atom stereocenters. The number of carbonyl (C=O) groups excluding carboxylic acids is 1. The third kappa shape index (κ3) is 2.13. The normalized spacial score (nSPS) is 26.3. The number of benzene rings is 1. The van der Waals surface area contributed by atoms with E-state index in [1.807, 2.05) is 43.3 Å². The van der Waals surface area contributed by atoms with Gasteiger partial charge in [0.1, 0.15) is 6.04 Å². The number of hydrogen-bond donors (Lipinski definition) is 1. The lowest BCUT2D eigenvalue weighted by atomic mass is 10.00. The fourth-order valence-electron chi connectivity index (χ4n) is 2.32. The van der Waals surface area contributed by atoms with Crippen LogP contribution in [0.15, 0.2) is 24.3 Å². The topological polar surface area (TPSA) is 49.6 Å². The van der Waals surface area contributed by atoms with Crippen LogP contribution in [0.25, 0.3) is 0 Å². The SMILES string of the molecule is CC1CN(C)C(c2ccc(N)cc2)C(=O)N1C. The lowest BCUT2D eigenvalue weighted by Crippen LogP contribution is -2.53. The van der Waals surface area contributed by atoms with Crippen LogP contribution in [-0.2, 0) is 4.79 Å². The molecule has 2 N–H and O–H groups in total. The average Bonchev–Trinajstić information content (AvgIpc) is 2.29. The maximum absolute atomic E-state index is 12.3. The highest BCUT2D eigenvalue weighted by molar-refractivity contribution is 5.84. The second kappa shape index (κ2) is 4.37. The fraction of sp³-hybridized carbons (Fsp3) is 0.462. The minimum absolute atomic E-state index is 0.149. The van der Waals surface area contributed by atoms with E-state index in [0.717, 1.165) is 17.8 Å². The van der Waals surface area contributed by atoms with E-state index in [9.17, 15) is 4.79 Å². The molecular formula is C13H19N3O. The van der Waals surface area contributed by atoms with Crippen LogP contribution in [0.3, 0.4) is 0 Å². The molecule has 0 saturated carbocycles. The summed E-state index contributed by atoms with van der Waals surface area (Å²) in [6, 6.07) is 7.62. The van der Waals surface area contributed by atoms with Crippen LogP contribution in [0.1, 0.15) is 18.5 Å². The van der Waals surface area contributed by atoms with E-state index in [1.165, 1.54) is 0 Å². The third-order valence-corrected chi connectivity index (χ3v) is 3.49. The summed E-state index contributed by atoms with van der Waals surface area (Å²) >= 11 is 0. The molecule has 1 aromatic carbocycles. The van der Waals surface area contributed by atoms with Crippen LogP contribution in [0.2, 0.25) is 0 Å². The van der Waals surface area contributed by atoms with Gasteiger partial charge in [-0.2, -0.15) is 0 Å². The quantitative estimate of drug-likeness (QED) is 0.739. The van der Waals surface area contributed by atoms with Crippen molar-refractivity contribution >= 4 is 11.6 Å². The van der Waals surface area contributed by atoms with E-state index in [0.29, 0.717) is 0 Å². The summed E-state index contributed by atoms with van der Waals surface area (Å²) in [6.45, 7) is 2.95. The minimum Gasteiger partial charge on any atom is -0.399 e. The standard InChI is InChI=1S/C13H19N3O/c1-9-8-15(2)12(13(17)16(9)3)10-4-6-11(14)7-5-10/h4-7,9,12H,8,14H2,1-3H3. The molecule has 4 heteroatoms. The van der Waals surface area contributed by atoms with Crippen molar-refractivity contribution in [3.8, 4) is 0 Å². The van der Waals surface area contributed by atoms with E-state index in [-0.39, 0.29) is 18.0 Å². The lowest BCUT2D eigenvalue weighted by molar-refractivity contribution is -0.142. The number of carbonyl (C=O) groups is 1. The molecule has 4 nitrogen and oxygen atoms in total. The molecule has 92 valence electrons. The van der Waals surface area contributed by atoms with Crippen molar-refractivity contribution in [3.63, 3.8) is 0 Å². The molecule has 2 unspecified atom stereocenters. The van der Waals surface area contributed by atoms with Gasteiger partial charge in [-0.05, 0) is 31.7 Å². The highest BCUT2D eigenvalue weighted by Crippen LogP contribution is 2.27. The molecule has 0 aromatic heterocycles. The average molecular weight is 233 g/mol. The second-order valence-electron chi connectivity index (χ2n) is 4.81. The van der Waals surface area contributed by atoms with Crippen molar-refractivity contribution < 1.29 is 4.79 Å². The number of hydrogen-bond acceptors (Lipinski definition) is 3. The monoisotopic (exact) mass is 233 g/mol. The van der Waals surface area contributed by atoms with Gasteiger partial charge in [0.15, 0.2) is 0 Å². The number of nitrogens with two attached hydrogens (primary N) is 1. The molecule has 1 amide bonds. The molecular weight excluding hydrogens is 214 g/mol. The van der Waals surface area contributed by atoms with Gasteiger partial charge in [0, 0.05) is 25.3 Å². The maximum Gasteiger partial charge on any atom is 0.244 e. The first kappa shape index (κ1) is 11.9. The first-order chi connectivity index (χ1) is 8.00. The molecule has 17 heavy (non-hydrogen) atoms. The Morgan fingerprint density at radius 2 is 1.82 bits per heavy atom. The van der Waals surface area contributed by atoms with Crippen molar-refractivity contribution in [3.05, 3.63) is 29.8 Å². The molecule has 1 aromatic rings. The van der Waals surface area contributed by atoms with Gasteiger partial charge in [-0.1, -0.05) is 12.1 Å². The van der Waals surface area contributed by atoms with Crippen molar-refractivity contribution in [1.29, 1.82) is 0 Å². The van der Waals surface area contributed by atoms with Crippen molar-refractivity contribution in [1.82, 2.24) is 9.80 Å². The van der Waals surface area contributed by atoms with Gasteiger partial charge >= 0.3 is 0 Å². The number of rotatable bonds is 1. The summed E-state index contributed by atoms with van der Waals surface area (Å²) in [5.41, 5.74) is 7.39. The van der Waals surface area contributed by atoms with Crippen molar-refractivity contribution in [2.45, 2.75) is 19.0 Å². The van der Waals surface area contributed by atoms with E-state index >= 15 is 0 Å². The van der Waals surface area contributed by atoms with Crippen molar-refractivity contribution in [2.75, 3.05) is 26.4 Å². The predicted molar refractivity (Wildman–Crippen MR) is 68.5 cm³/mol. The number of anilines is 1. The van der Waals surface area contributed by atoms with Crippen LogP contribution in [-0.4, -0.2) is 42.4 Å². The molecule has 1 aliphatic heterocycles. The lowest BCUT2D eigenvalue weighted by Gasteiger charge is -2.41. The van der Waals surface area contributed by atoms with Gasteiger partial charge in [0.25, 0.3) is 0 Å². The molecule has 0 spiro atoms. The Balaban J connectivity index is 2.30. The van der Waals surface area contributed by atoms with Gasteiger partial charge in [-0.15, -0.1) is 0 Å². The zero-order valence-electron chi connectivity index (χ0n) is 10.6. The fourth-order valence-corrected chi connectivity index (χ4v) is 2.32. The summed E-state index contributed by atoms with van der Waals surface area (Å²) in [5.74, 6) is 0.149. The van der Waals surface area contributed by atoms with E-state index < -0.39 is 0 Å². The number of piperazine rings is 1. The minimum atomic E-state index is -0.184. The van der Waals surface area contributed by atoms with Gasteiger partial charge in [-0.3, -0.25) is 9.69 Å². The summed E-state index contributed by atoms with van der Waals surface area (Å²) in [6.07, 6.45) is 0. The highest BCUT2D eigenvalue weighted by atomic mass is 16.2. The zero-order chi connectivity index (χ0) is 12.6. The summed E-state index contributed by atoms with van der Waals surface area (Å²) < 4.78 is 0. The van der Waals surface area contributed by atoms with Crippen molar-refractivity contribution in [2.24, 2.45) is 0 Å². The zero-order valence-corrected chi connectivity index (χ0v) is 10.6. The summed E-state index contributed by atoms with van der Waals surface area (Å²) in [7, 11) is 3.85. The second-order valence-corrected chi connectivity index (χ2v) is 4.81. The first-order valence-electron chi connectivity index (χ1n) is 5.83. The Morgan fingerprint density at radius 3 is 2.41 bits per heavy atom. The van der Waals surface area contributed by atoms with Crippen LogP contribution in [0, 0.1) is 0 Å². The third-order valence-electron chi connectivity index (χ3n) is 3.49. The molecule has 1 heterocycles. The molecule has 0 bridgehead atoms. The Kier molecular flexibility index (Phi) is 3.07. The Morgan fingerprint density at radius 1 is 1.24 bits per heavy atom. The Hall–Kier alpha value is -1.55. The van der Waals surface area contributed by atoms with Gasteiger partial charge in [0.2, 0.25) is 5.91 Å². The number of nitrogen functional groups attached to an aromatic ring is 1. The summed E-state index contributed by atoms with van der Waals surface area (Å²) in [5, 5.41) is 0. The predicted octanol–water partition coefficient (Wildman–Crippen LogP) is 1.10. The number of likely N-dealkylation sites (N-methyl/N-ethyl adjacent to an activating group) is 2. The van der Waals surface area contributed by atoms with Crippen LogP contribution >= 0.6 is 0 Å². The number of nitrogens with zero attached hydrogens (tertiary/aromatic N) is 2. The maximum atomic E-state index is 12.3. The van der Waals surface area contributed by atoms with E-state index in [4.69, 9.17) is 5.73 Å². The molecule has 2 rings (SSSR count). The highest BCUT2D eigenvalue weighted by Gasteiger charge is 2.35.